The van der Waals surface area contributed by atoms with E-state index in [1.165, 1.54) is 17.4 Å². The second kappa shape index (κ2) is 10.8. The van der Waals surface area contributed by atoms with Gasteiger partial charge in [0.05, 0.1) is 25.3 Å². The first-order chi connectivity index (χ1) is 13.4. The fraction of sp³-hybridized carbons (Fsp3) is 0.429. The van der Waals surface area contributed by atoms with Crippen molar-refractivity contribution < 1.29 is 18.7 Å². The molecule has 2 rings (SSSR count). The molecule has 0 aliphatic rings. The number of ether oxygens (including phenoxy) is 2. The molecule has 1 aromatic carbocycles. The Hall–Kier alpha value is -2.43. The zero-order valence-electron chi connectivity index (χ0n) is 16.6. The van der Waals surface area contributed by atoms with Crippen LogP contribution in [0.4, 0.5) is 4.39 Å². The average Bonchev–Trinajstić information content (AvgIpc) is 3.09. The standard InChI is InChI=1S/C21H25FN2O3S/c1-5-26-21(25)20-19(28-14-23-20)11-15(2)13-27-18-9-8-16(12-17(18)22)7-6-10-24(3)4/h8-9,12,14-15H,5,10-11,13H2,1-4H3/t15-/m0/s1. The van der Waals surface area contributed by atoms with Gasteiger partial charge in [0.15, 0.2) is 17.3 Å². The van der Waals surface area contributed by atoms with E-state index in [0.717, 1.165) is 4.88 Å². The van der Waals surface area contributed by atoms with E-state index in [1.54, 1.807) is 24.6 Å². The summed E-state index contributed by atoms with van der Waals surface area (Å²) in [5, 5.41) is 0. The van der Waals surface area contributed by atoms with Crippen LogP contribution in [0.5, 0.6) is 5.75 Å². The van der Waals surface area contributed by atoms with Crippen molar-refractivity contribution in [2.75, 3.05) is 33.9 Å². The van der Waals surface area contributed by atoms with Gasteiger partial charge < -0.3 is 9.47 Å². The van der Waals surface area contributed by atoms with Gasteiger partial charge in [-0.1, -0.05) is 18.8 Å². The van der Waals surface area contributed by atoms with Crippen molar-refractivity contribution in [3.05, 3.63) is 45.7 Å². The molecule has 150 valence electrons. The minimum absolute atomic E-state index is 0.0765. The van der Waals surface area contributed by atoms with E-state index in [9.17, 15) is 9.18 Å². The first-order valence-electron chi connectivity index (χ1n) is 9.06. The molecule has 0 spiro atoms. The maximum Gasteiger partial charge on any atom is 0.358 e. The van der Waals surface area contributed by atoms with Crippen LogP contribution in [0.2, 0.25) is 0 Å². The molecule has 1 heterocycles. The monoisotopic (exact) mass is 404 g/mol. The Morgan fingerprint density at radius 2 is 2.18 bits per heavy atom. The Morgan fingerprint density at radius 1 is 1.39 bits per heavy atom. The van der Waals surface area contributed by atoms with Crippen LogP contribution >= 0.6 is 11.3 Å². The molecule has 0 unspecified atom stereocenters. The van der Waals surface area contributed by atoms with Crippen molar-refractivity contribution >= 4 is 17.3 Å². The van der Waals surface area contributed by atoms with Crippen molar-refractivity contribution in [1.29, 1.82) is 0 Å². The number of hydrogen-bond donors (Lipinski definition) is 0. The molecule has 0 N–H and O–H groups in total. The summed E-state index contributed by atoms with van der Waals surface area (Å²) in [6, 6.07) is 4.72. The maximum atomic E-state index is 14.2. The topological polar surface area (TPSA) is 51.7 Å². The number of benzene rings is 1. The van der Waals surface area contributed by atoms with Gasteiger partial charge in [-0.25, -0.2) is 14.2 Å². The van der Waals surface area contributed by atoms with Gasteiger partial charge in [-0.3, -0.25) is 4.90 Å². The molecular formula is C21H25FN2O3S. The SMILES string of the molecule is CCOC(=O)c1ncsc1C[C@H](C)COc1ccc(C#CCN(C)C)cc1F. The number of halogens is 1. The summed E-state index contributed by atoms with van der Waals surface area (Å²) in [5.74, 6) is 5.32. The van der Waals surface area contributed by atoms with Crippen LogP contribution in [0, 0.1) is 23.6 Å². The highest BCUT2D eigenvalue weighted by Crippen LogP contribution is 2.22. The Bertz CT molecular complexity index is 855. The van der Waals surface area contributed by atoms with Crippen LogP contribution < -0.4 is 4.74 Å². The van der Waals surface area contributed by atoms with Gasteiger partial charge in [0.1, 0.15) is 0 Å². The number of carbonyl (C=O) groups is 1. The lowest BCUT2D eigenvalue weighted by Crippen LogP contribution is -2.14. The first-order valence-corrected chi connectivity index (χ1v) is 9.94. The van der Waals surface area contributed by atoms with E-state index in [1.807, 2.05) is 25.9 Å². The van der Waals surface area contributed by atoms with E-state index >= 15 is 0 Å². The number of nitrogens with zero attached hydrogens (tertiary/aromatic N) is 2. The Balaban J connectivity index is 1.92. The van der Waals surface area contributed by atoms with Gasteiger partial charge in [-0.15, -0.1) is 11.3 Å². The molecular weight excluding hydrogens is 379 g/mol. The van der Waals surface area contributed by atoms with Crippen LogP contribution in [0.15, 0.2) is 23.7 Å². The highest BCUT2D eigenvalue weighted by Gasteiger charge is 2.18. The van der Waals surface area contributed by atoms with Crippen molar-refractivity contribution in [1.82, 2.24) is 9.88 Å². The van der Waals surface area contributed by atoms with Crippen LogP contribution in [-0.2, 0) is 11.2 Å². The maximum absolute atomic E-state index is 14.2. The summed E-state index contributed by atoms with van der Waals surface area (Å²) >= 11 is 1.41. The molecule has 0 aliphatic heterocycles. The molecule has 0 amide bonds. The number of thiazole rings is 1. The summed E-state index contributed by atoms with van der Waals surface area (Å²) in [7, 11) is 3.85. The molecule has 2 aromatic rings. The summed E-state index contributed by atoms with van der Waals surface area (Å²) in [6.07, 6.45) is 0.606. The second-order valence-electron chi connectivity index (χ2n) is 6.65. The first kappa shape index (κ1) is 21.9. The molecule has 1 aromatic heterocycles. The van der Waals surface area contributed by atoms with Gasteiger partial charge in [-0.2, -0.15) is 0 Å². The van der Waals surface area contributed by atoms with Crippen LogP contribution in [0.3, 0.4) is 0 Å². The normalized spacial score (nSPS) is 11.6. The third-order valence-corrected chi connectivity index (χ3v) is 4.58. The number of rotatable bonds is 8. The molecule has 1 atom stereocenters. The Labute approximate surface area is 169 Å². The third-order valence-electron chi connectivity index (χ3n) is 3.73. The molecule has 0 radical (unpaired) electrons. The van der Waals surface area contributed by atoms with Crippen molar-refractivity contribution in [3.8, 4) is 17.6 Å². The summed E-state index contributed by atoms with van der Waals surface area (Å²) in [6.45, 7) is 4.98. The van der Waals surface area contributed by atoms with E-state index in [2.05, 4.69) is 16.8 Å². The lowest BCUT2D eigenvalue weighted by atomic mass is 10.1. The van der Waals surface area contributed by atoms with Crippen molar-refractivity contribution in [3.63, 3.8) is 0 Å². The minimum atomic E-state index is -0.436. The number of aromatic nitrogens is 1. The fourth-order valence-electron chi connectivity index (χ4n) is 2.38. The third kappa shape index (κ3) is 6.63. The molecule has 0 bridgehead atoms. The second-order valence-corrected chi connectivity index (χ2v) is 7.59. The summed E-state index contributed by atoms with van der Waals surface area (Å²) < 4.78 is 24.9. The average molecular weight is 405 g/mol. The molecule has 0 saturated carbocycles. The van der Waals surface area contributed by atoms with E-state index < -0.39 is 11.8 Å². The van der Waals surface area contributed by atoms with Gasteiger partial charge >= 0.3 is 5.97 Å². The molecule has 0 saturated heterocycles. The Kier molecular flexibility index (Phi) is 8.42. The molecule has 7 heteroatoms. The summed E-state index contributed by atoms with van der Waals surface area (Å²) in [5.41, 5.74) is 2.60. The zero-order chi connectivity index (χ0) is 20.5. The molecule has 28 heavy (non-hydrogen) atoms. The number of hydrogen-bond acceptors (Lipinski definition) is 6. The quantitative estimate of drug-likeness (QED) is 0.497. The minimum Gasteiger partial charge on any atom is -0.490 e. The highest BCUT2D eigenvalue weighted by molar-refractivity contribution is 7.09. The van der Waals surface area contributed by atoms with Crippen LogP contribution in [0.1, 0.15) is 34.8 Å². The van der Waals surface area contributed by atoms with Gasteiger partial charge in [-0.05, 0) is 51.6 Å². The van der Waals surface area contributed by atoms with E-state index in [4.69, 9.17) is 9.47 Å². The van der Waals surface area contributed by atoms with Gasteiger partial charge in [0.2, 0.25) is 0 Å². The van der Waals surface area contributed by atoms with Gasteiger partial charge in [0.25, 0.3) is 0 Å². The predicted octanol–water partition coefficient (Wildman–Crippen LogP) is 3.63. The largest absolute Gasteiger partial charge is 0.490 e. The van der Waals surface area contributed by atoms with Crippen LogP contribution in [-0.4, -0.2) is 49.7 Å². The molecule has 0 aliphatic carbocycles. The van der Waals surface area contributed by atoms with Crippen LogP contribution in [0.25, 0.3) is 0 Å². The number of esters is 1. The zero-order valence-corrected chi connectivity index (χ0v) is 17.4. The van der Waals surface area contributed by atoms with E-state index in [0.29, 0.717) is 37.4 Å². The number of carbonyl (C=O) groups excluding carboxylic acids is 1. The van der Waals surface area contributed by atoms with Gasteiger partial charge in [0, 0.05) is 10.4 Å². The van der Waals surface area contributed by atoms with E-state index in [-0.39, 0.29) is 11.7 Å². The fourth-order valence-corrected chi connectivity index (χ4v) is 3.30. The van der Waals surface area contributed by atoms with Crippen molar-refractivity contribution in [2.45, 2.75) is 20.3 Å². The molecule has 5 nitrogen and oxygen atoms in total. The predicted molar refractivity (Wildman–Crippen MR) is 108 cm³/mol. The molecule has 0 fully saturated rings. The lowest BCUT2D eigenvalue weighted by Gasteiger charge is -2.13. The van der Waals surface area contributed by atoms with Crippen molar-refractivity contribution in [2.24, 2.45) is 5.92 Å². The summed E-state index contributed by atoms with van der Waals surface area (Å²) in [4.78, 5) is 18.8. The Morgan fingerprint density at radius 3 is 2.86 bits per heavy atom. The smallest absolute Gasteiger partial charge is 0.358 e. The lowest BCUT2D eigenvalue weighted by molar-refractivity contribution is 0.0519. The highest BCUT2D eigenvalue weighted by atomic mass is 32.1.